The molecule has 0 aromatic heterocycles. The molecule has 1 fully saturated rings. The van der Waals surface area contributed by atoms with E-state index in [2.05, 4.69) is 0 Å². The fourth-order valence-electron chi connectivity index (χ4n) is 1.57. The van der Waals surface area contributed by atoms with Crippen LogP contribution in [0.2, 0.25) is 0 Å². The van der Waals surface area contributed by atoms with Gasteiger partial charge in [0.05, 0.1) is 29.4 Å². The molecule has 0 aliphatic carbocycles. The second kappa shape index (κ2) is 3.96. The molecule has 1 aliphatic rings. The van der Waals surface area contributed by atoms with Gasteiger partial charge in [-0.2, -0.15) is 5.26 Å². The van der Waals surface area contributed by atoms with E-state index >= 15 is 0 Å². The Balaban J connectivity index is 2.87. The summed E-state index contributed by atoms with van der Waals surface area (Å²) >= 11 is 0. The highest BCUT2D eigenvalue weighted by molar-refractivity contribution is 7.91. The van der Waals surface area contributed by atoms with Gasteiger partial charge < -0.3 is 5.11 Å². The zero-order chi connectivity index (χ0) is 10.8. The number of aliphatic carboxylic acids is 1. The molecule has 1 saturated heterocycles. The molecule has 0 radical (unpaired) electrons. The van der Waals surface area contributed by atoms with E-state index < -0.39 is 27.6 Å². The monoisotopic (exact) mass is 217 g/mol. The molecule has 1 rings (SSSR count). The molecular weight excluding hydrogens is 206 g/mol. The number of hydrogen-bond acceptors (Lipinski definition) is 4. The van der Waals surface area contributed by atoms with E-state index in [-0.39, 0.29) is 24.3 Å². The highest BCUT2D eigenvalue weighted by Gasteiger charge is 2.33. The first kappa shape index (κ1) is 11.0. The summed E-state index contributed by atoms with van der Waals surface area (Å²) < 4.78 is 22.4. The molecule has 0 amide bonds. The number of sulfone groups is 1. The Morgan fingerprint density at radius 3 is 2.43 bits per heavy atom. The van der Waals surface area contributed by atoms with Gasteiger partial charge in [-0.3, -0.25) is 4.79 Å². The van der Waals surface area contributed by atoms with Gasteiger partial charge in [-0.15, -0.1) is 0 Å². The zero-order valence-corrected chi connectivity index (χ0v) is 8.33. The highest BCUT2D eigenvalue weighted by atomic mass is 32.2. The van der Waals surface area contributed by atoms with Gasteiger partial charge in [-0.25, -0.2) is 8.42 Å². The topological polar surface area (TPSA) is 95.2 Å². The predicted octanol–water partition coefficient (Wildman–Crippen LogP) is 0.0356. The van der Waals surface area contributed by atoms with Crippen LogP contribution in [0, 0.1) is 23.2 Å². The summed E-state index contributed by atoms with van der Waals surface area (Å²) in [6.45, 7) is 0. The number of nitrogens with zero attached hydrogens (tertiary/aromatic N) is 1. The van der Waals surface area contributed by atoms with E-state index in [0.29, 0.717) is 0 Å². The van der Waals surface area contributed by atoms with Crippen molar-refractivity contribution >= 4 is 15.8 Å². The summed E-state index contributed by atoms with van der Waals surface area (Å²) in [6, 6.07) is 1.87. The van der Waals surface area contributed by atoms with Gasteiger partial charge in [-0.05, 0) is 12.8 Å². The number of carboxylic acid groups (broad SMARTS) is 1. The standard InChI is InChI=1S/C8H11NO4S/c9-5-6-1-3-14(12,13)4-2-7(6)8(10)11/h6-7H,1-4H2,(H,10,11)/t6-,7+/m0/s1. The Morgan fingerprint density at radius 2 is 1.93 bits per heavy atom. The maximum atomic E-state index is 11.2. The van der Waals surface area contributed by atoms with E-state index in [1.165, 1.54) is 0 Å². The van der Waals surface area contributed by atoms with Crippen molar-refractivity contribution in [3.8, 4) is 6.07 Å². The van der Waals surface area contributed by atoms with Crippen LogP contribution in [0.3, 0.4) is 0 Å². The summed E-state index contributed by atoms with van der Waals surface area (Å²) in [6.07, 6.45) is 0.186. The molecule has 0 aromatic rings. The van der Waals surface area contributed by atoms with E-state index in [4.69, 9.17) is 10.4 Å². The molecule has 78 valence electrons. The molecule has 14 heavy (non-hydrogen) atoms. The number of nitriles is 1. The van der Waals surface area contributed by atoms with Crippen LogP contribution in [0.1, 0.15) is 12.8 Å². The van der Waals surface area contributed by atoms with Gasteiger partial charge in [0.15, 0.2) is 0 Å². The van der Waals surface area contributed by atoms with Crippen LogP contribution in [-0.2, 0) is 14.6 Å². The Morgan fingerprint density at radius 1 is 1.36 bits per heavy atom. The fraction of sp³-hybridized carbons (Fsp3) is 0.750. The molecular formula is C8H11NO4S. The van der Waals surface area contributed by atoms with Crippen molar-refractivity contribution in [3.63, 3.8) is 0 Å². The van der Waals surface area contributed by atoms with Gasteiger partial charge in [0, 0.05) is 0 Å². The lowest BCUT2D eigenvalue weighted by molar-refractivity contribution is -0.143. The lowest BCUT2D eigenvalue weighted by Gasteiger charge is -2.12. The third kappa shape index (κ3) is 2.45. The van der Waals surface area contributed by atoms with Gasteiger partial charge in [0.2, 0.25) is 0 Å². The number of hydrogen-bond donors (Lipinski definition) is 1. The van der Waals surface area contributed by atoms with Crippen LogP contribution in [0.5, 0.6) is 0 Å². The summed E-state index contributed by atoms with van der Waals surface area (Å²) in [4.78, 5) is 10.7. The fourth-order valence-corrected chi connectivity index (χ4v) is 3.00. The summed E-state index contributed by atoms with van der Waals surface area (Å²) in [7, 11) is -3.14. The molecule has 0 spiro atoms. The van der Waals surface area contributed by atoms with Crippen molar-refractivity contribution in [3.05, 3.63) is 0 Å². The van der Waals surface area contributed by atoms with Gasteiger partial charge in [0.1, 0.15) is 9.84 Å². The van der Waals surface area contributed by atoms with Crippen molar-refractivity contribution in [2.24, 2.45) is 11.8 Å². The quantitative estimate of drug-likeness (QED) is 0.668. The Kier molecular flexibility index (Phi) is 3.11. The maximum absolute atomic E-state index is 11.2. The first-order valence-corrected chi connectivity index (χ1v) is 6.11. The van der Waals surface area contributed by atoms with Crippen LogP contribution < -0.4 is 0 Å². The minimum absolute atomic E-state index is 0.0515. The van der Waals surface area contributed by atoms with Gasteiger partial charge >= 0.3 is 5.97 Å². The molecule has 1 heterocycles. The predicted molar refractivity (Wildman–Crippen MR) is 48.1 cm³/mol. The normalized spacial score (nSPS) is 31.4. The third-order valence-electron chi connectivity index (χ3n) is 2.45. The van der Waals surface area contributed by atoms with Gasteiger partial charge in [0.25, 0.3) is 0 Å². The van der Waals surface area contributed by atoms with Crippen molar-refractivity contribution in [2.45, 2.75) is 12.8 Å². The molecule has 0 unspecified atom stereocenters. The SMILES string of the molecule is N#C[C@@H]1CCS(=O)(=O)CC[C@H]1C(=O)O. The number of rotatable bonds is 1. The van der Waals surface area contributed by atoms with E-state index in [9.17, 15) is 13.2 Å². The maximum Gasteiger partial charge on any atom is 0.307 e. The van der Waals surface area contributed by atoms with Crippen molar-refractivity contribution in [1.29, 1.82) is 5.26 Å². The van der Waals surface area contributed by atoms with Gasteiger partial charge in [-0.1, -0.05) is 0 Å². The lowest BCUT2D eigenvalue weighted by atomic mass is 9.89. The first-order valence-electron chi connectivity index (χ1n) is 4.29. The molecule has 0 aromatic carbocycles. The molecule has 1 N–H and O–H groups in total. The van der Waals surface area contributed by atoms with Crippen LogP contribution in [0.4, 0.5) is 0 Å². The molecule has 2 atom stereocenters. The lowest BCUT2D eigenvalue weighted by Crippen LogP contribution is -2.22. The van der Waals surface area contributed by atoms with Crippen LogP contribution >= 0.6 is 0 Å². The molecule has 1 aliphatic heterocycles. The van der Waals surface area contributed by atoms with E-state index in [1.807, 2.05) is 6.07 Å². The Bertz CT molecular complexity index is 367. The van der Waals surface area contributed by atoms with Crippen molar-refractivity contribution in [1.82, 2.24) is 0 Å². The summed E-state index contributed by atoms with van der Waals surface area (Å²) in [5, 5.41) is 17.5. The Hall–Kier alpha value is -1.09. The smallest absolute Gasteiger partial charge is 0.307 e. The molecule has 6 heteroatoms. The zero-order valence-electron chi connectivity index (χ0n) is 7.51. The minimum Gasteiger partial charge on any atom is -0.481 e. The largest absolute Gasteiger partial charge is 0.481 e. The second-order valence-electron chi connectivity index (χ2n) is 3.41. The second-order valence-corrected chi connectivity index (χ2v) is 5.71. The molecule has 5 nitrogen and oxygen atoms in total. The third-order valence-corrected chi connectivity index (χ3v) is 4.16. The summed E-state index contributed by atoms with van der Waals surface area (Å²) in [5.41, 5.74) is 0. The summed E-state index contributed by atoms with van der Waals surface area (Å²) in [5.74, 6) is -2.78. The minimum atomic E-state index is -3.14. The van der Waals surface area contributed by atoms with Crippen LogP contribution in [0.25, 0.3) is 0 Å². The van der Waals surface area contributed by atoms with E-state index in [1.54, 1.807) is 0 Å². The highest BCUT2D eigenvalue weighted by Crippen LogP contribution is 2.24. The number of carboxylic acids is 1. The van der Waals surface area contributed by atoms with E-state index in [0.717, 1.165) is 0 Å². The van der Waals surface area contributed by atoms with Crippen molar-refractivity contribution < 1.29 is 18.3 Å². The molecule has 0 bridgehead atoms. The average molecular weight is 217 g/mol. The average Bonchev–Trinajstić information content (AvgIpc) is 2.23. The molecule has 0 saturated carbocycles. The van der Waals surface area contributed by atoms with Crippen molar-refractivity contribution in [2.75, 3.05) is 11.5 Å². The van der Waals surface area contributed by atoms with Crippen LogP contribution in [0.15, 0.2) is 0 Å². The Labute approximate surface area is 82.3 Å². The van der Waals surface area contributed by atoms with Crippen LogP contribution in [-0.4, -0.2) is 31.0 Å². The first-order chi connectivity index (χ1) is 6.46. The number of carbonyl (C=O) groups is 1.